The van der Waals surface area contributed by atoms with Crippen molar-refractivity contribution in [3.63, 3.8) is 0 Å². The summed E-state index contributed by atoms with van der Waals surface area (Å²) < 4.78 is 5.51. The molecule has 2 nitrogen and oxygen atoms in total. The van der Waals surface area contributed by atoms with Crippen LogP contribution in [0.1, 0.15) is 71.1 Å². The van der Waals surface area contributed by atoms with Gasteiger partial charge in [-0.15, -0.1) is 0 Å². The van der Waals surface area contributed by atoms with Crippen LogP contribution in [0, 0.1) is 11.8 Å². The van der Waals surface area contributed by atoms with Crippen molar-refractivity contribution in [2.75, 3.05) is 0 Å². The Balaban J connectivity index is 1.93. The summed E-state index contributed by atoms with van der Waals surface area (Å²) in [5.41, 5.74) is 0.787. The smallest absolute Gasteiger partial charge is 0.288 e. The Morgan fingerprint density at radius 2 is 1.39 bits per heavy atom. The normalized spacial score (nSPS) is 23.9. The molecule has 0 bridgehead atoms. The SMILES string of the molecule is CC(=O)O[SiH2]C(C1CCCCC1)C1CCCCC1. The largest absolute Gasteiger partial charge is 0.525 e. The highest BCUT2D eigenvalue weighted by molar-refractivity contribution is 6.32. The van der Waals surface area contributed by atoms with Crippen molar-refractivity contribution in [3.05, 3.63) is 0 Å². The first-order chi connectivity index (χ1) is 8.77. The van der Waals surface area contributed by atoms with Crippen LogP contribution in [0.2, 0.25) is 5.54 Å². The van der Waals surface area contributed by atoms with Crippen LogP contribution in [0.3, 0.4) is 0 Å². The minimum Gasteiger partial charge on any atom is -0.525 e. The molecule has 0 saturated heterocycles. The van der Waals surface area contributed by atoms with Gasteiger partial charge in [0.1, 0.15) is 0 Å². The predicted octanol–water partition coefficient (Wildman–Crippen LogP) is 3.58. The second-order valence-electron chi connectivity index (χ2n) is 6.26. The summed E-state index contributed by atoms with van der Waals surface area (Å²) in [7, 11) is -0.661. The lowest BCUT2D eigenvalue weighted by Crippen LogP contribution is -2.29. The zero-order valence-electron chi connectivity index (χ0n) is 11.8. The van der Waals surface area contributed by atoms with Gasteiger partial charge in [0.2, 0.25) is 9.76 Å². The van der Waals surface area contributed by atoms with E-state index in [2.05, 4.69) is 0 Å². The molecule has 2 rings (SSSR count). The predicted molar refractivity (Wildman–Crippen MR) is 77.2 cm³/mol. The average molecular weight is 268 g/mol. The van der Waals surface area contributed by atoms with E-state index in [-0.39, 0.29) is 5.97 Å². The standard InChI is InChI=1S/C15H28O2Si/c1-12(16)17-18-15(13-8-4-2-5-9-13)14-10-6-3-7-11-14/h13-15H,2-11,18H2,1H3. The molecule has 0 aromatic heterocycles. The zero-order valence-corrected chi connectivity index (χ0v) is 13.2. The number of hydrogen-bond donors (Lipinski definition) is 0. The quantitative estimate of drug-likeness (QED) is 0.728. The van der Waals surface area contributed by atoms with Gasteiger partial charge in [-0.3, -0.25) is 4.79 Å². The summed E-state index contributed by atoms with van der Waals surface area (Å²) in [6, 6.07) is 0. The summed E-state index contributed by atoms with van der Waals surface area (Å²) in [6.45, 7) is 1.58. The molecule has 0 radical (unpaired) electrons. The molecule has 0 aliphatic heterocycles. The number of hydrogen-bond acceptors (Lipinski definition) is 2. The van der Waals surface area contributed by atoms with Crippen molar-refractivity contribution in [2.45, 2.75) is 76.7 Å². The van der Waals surface area contributed by atoms with E-state index in [1.807, 2.05) is 0 Å². The first-order valence-electron chi connectivity index (χ1n) is 7.90. The number of carbonyl (C=O) groups is 1. The maximum absolute atomic E-state index is 11.1. The third-order valence-corrected chi connectivity index (χ3v) is 7.28. The van der Waals surface area contributed by atoms with Crippen molar-refractivity contribution >= 4 is 15.7 Å². The lowest BCUT2D eigenvalue weighted by molar-refractivity contribution is -0.132. The van der Waals surface area contributed by atoms with Gasteiger partial charge in [0, 0.05) is 6.92 Å². The van der Waals surface area contributed by atoms with Crippen LogP contribution in [-0.2, 0) is 9.22 Å². The maximum Gasteiger partial charge on any atom is 0.288 e. The molecule has 0 aromatic rings. The third kappa shape index (κ3) is 4.11. The van der Waals surface area contributed by atoms with E-state index in [1.54, 1.807) is 6.92 Å². The highest BCUT2D eigenvalue weighted by Crippen LogP contribution is 2.43. The Bertz CT molecular complexity index is 237. The maximum atomic E-state index is 11.1. The van der Waals surface area contributed by atoms with Gasteiger partial charge in [-0.2, -0.15) is 0 Å². The van der Waals surface area contributed by atoms with Crippen molar-refractivity contribution in [1.29, 1.82) is 0 Å². The average Bonchev–Trinajstić information content (AvgIpc) is 2.41. The molecule has 0 spiro atoms. The molecule has 2 aliphatic carbocycles. The first kappa shape index (κ1) is 14.1. The molecule has 3 heteroatoms. The second kappa shape index (κ2) is 7.32. The number of rotatable bonds is 4. The Kier molecular flexibility index (Phi) is 5.73. The van der Waals surface area contributed by atoms with Gasteiger partial charge >= 0.3 is 0 Å². The molecule has 0 unspecified atom stereocenters. The molecule has 104 valence electrons. The Morgan fingerprint density at radius 1 is 0.944 bits per heavy atom. The van der Waals surface area contributed by atoms with Gasteiger partial charge in [0.25, 0.3) is 5.97 Å². The molecule has 0 amide bonds. The van der Waals surface area contributed by atoms with Gasteiger partial charge in [-0.05, 0) is 17.4 Å². The van der Waals surface area contributed by atoms with Crippen molar-refractivity contribution < 1.29 is 9.22 Å². The van der Waals surface area contributed by atoms with Crippen LogP contribution in [-0.4, -0.2) is 15.7 Å². The lowest BCUT2D eigenvalue weighted by Gasteiger charge is -2.37. The molecule has 0 aromatic carbocycles. The van der Waals surface area contributed by atoms with Crippen LogP contribution in [0.4, 0.5) is 0 Å². The van der Waals surface area contributed by atoms with E-state index >= 15 is 0 Å². The van der Waals surface area contributed by atoms with Crippen LogP contribution in [0.15, 0.2) is 0 Å². The third-order valence-electron chi connectivity index (χ3n) is 4.99. The van der Waals surface area contributed by atoms with E-state index in [9.17, 15) is 4.79 Å². The number of carbonyl (C=O) groups excluding carboxylic acids is 1. The van der Waals surface area contributed by atoms with Crippen LogP contribution >= 0.6 is 0 Å². The summed E-state index contributed by atoms with van der Waals surface area (Å²) in [6.07, 6.45) is 14.1. The fourth-order valence-electron chi connectivity index (χ4n) is 4.00. The van der Waals surface area contributed by atoms with Crippen molar-refractivity contribution in [1.82, 2.24) is 0 Å². The molecular formula is C15H28O2Si. The Labute approximate surface area is 114 Å². The monoisotopic (exact) mass is 268 g/mol. The minimum absolute atomic E-state index is 0.0433. The summed E-state index contributed by atoms with van der Waals surface area (Å²) in [5, 5.41) is 0. The lowest BCUT2D eigenvalue weighted by atomic mass is 9.77. The highest BCUT2D eigenvalue weighted by Gasteiger charge is 2.32. The van der Waals surface area contributed by atoms with E-state index in [4.69, 9.17) is 4.43 Å². The molecule has 2 aliphatic rings. The fraction of sp³-hybridized carbons (Fsp3) is 0.933. The Morgan fingerprint density at radius 3 is 1.78 bits per heavy atom. The summed E-state index contributed by atoms with van der Waals surface area (Å²) in [4.78, 5) is 11.1. The first-order valence-corrected chi connectivity index (χ1v) is 9.30. The summed E-state index contributed by atoms with van der Waals surface area (Å²) >= 11 is 0. The van der Waals surface area contributed by atoms with Gasteiger partial charge < -0.3 is 4.43 Å². The van der Waals surface area contributed by atoms with Crippen molar-refractivity contribution in [3.8, 4) is 0 Å². The molecule has 2 saturated carbocycles. The van der Waals surface area contributed by atoms with E-state index in [1.165, 1.54) is 64.2 Å². The van der Waals surface area contributed by atoms with Crippen LogP contribution in [0.25, 0.3) is 0 Å². The van der Waals surface area contributed by atoms with Gasteiger partial charge in [0.15, 0.2) is 0 Å². The van der Waals surface area contributed by atoms with E-state index in [0.29, 0.717) is 0 Å². The molecule has 0 N–H and O–H groups in total. The highest BCUT2D eigenvalue weighted by atomic mass is 28.2. The topological polar surface area (TPSA) is 26.3 Å². The molecule has 0 heterocycles. The van der Waals surface area contributed by atoms with Crippen LogP contribution < -0.4 is 0 Å². The van der Waals surface area contributed by atoms with Gasteiger partial charge in [-0.1, -0.05) is 64.2 Å². The van der Waals surface area contributed by atoms with Crippen molar-refractivity contribution in [2.24, 2.45) is 11.8 Å². The molecule has 0 atom stereocenters. The fourth-order valence-corrected chi connectivity index (χ4v) is 5.91. The molecule has 18 heavy (non-hydrogen) atoms. The zero-order chi connectivity index (χ0) is 12.8. The van der Waals surface area contributed by atoms with E-state index in [0.717, 1.165) is 17.4 Å². The summed E-state index contributed by atoms with van der Waals surface area (Å²) in [5.74, 6) is 1.72. The Hall–Kier alpha value is -0.313. The van der Waals surface area contributed by atoms with Gasteiger partial charge in [0.05, 0.1) is 0 Å². The minimum atomic E-state index is -0.661. The second-order valence-corrected chi connectivity index (χ2v) is 7.83. The van der Waals surface area contributed by atoms with E-state index < -0.39 is 9.76 Å². The van der Waals surface area contributed by atoms with Gasteiger partial charge in [-0.25, -0.2) is 0 Å². The van der Waals surface area contributed by atoms with Crippen LogP contribution in [0.5, 0.6) is 0 Å². The molecule has 2 fully saturated rings. The molecular weight excluding hydrogens is 240 g/mol.